The first-order valence-corrected chi connectivity index (χ1v) is 40.2. The van der Waals surface area contributed by atoms with Crippen LogP contribution in [0.3, 0.4) is 0 Å². The number of rotatable bonds is 72. The van der Waals surface area contributed by atoms with Gasteiger partial charge in [0.05, 0.1) is 34.4 Å². The normalized spacial score (nSPS) is 13.8. The number of carboxylic acids is 1. The second-order valence-electron chi connectivity index (χ2n) is 27.3. The lowest BCUT2D eigenvalue weighted by molar-refractivity contribution is -0.870. The number of esters is 2. The zero-order valence-corrected chi connectivity index (χ0v) is 65.0. The Hall–Kier alpha value is -6.13. The topological polar surface area (TPSA) is 108 Å². The van der Waals surface area contributed by atoms with Gasteiger partial charge in [-0.3, -0.25) is 9.59 Å². The van der Waals surface area contributed by atoms with Crippen molar-refractivity contribution in [1.82, 2.24) is 0 Å². The third-order valence-electron chi connectivity index (χ3n) is 16.5. The van der Waals surface area contributed by atoms with Gasteiger partial charge in [0.25, 0.3) is 6.29 Å². The highest BCUT2D eigenvalue weighted by molar-refractivity contribution is 5.71. The summed E-state index contributed by atoms with van der Waals surface area (Å²) in [6.07, 6.45) is 121. The molecule has 0 rings (SSSR count). The quantitative estimate of drug-likeness (QED) is 0.0211. The Bertz CT molecular complexity index is 2420. The van der Waals surface area contributed by atoms with E-state index in [1.54, 1.807) is 0 Å². The van der Waals surface area contributed by atoms with Crippen LogP contribution in [0.4, 0.5) is 0 Å². The minimum atomic E-state index is -1.53. The molecular weight excluding hydrogens is 1250 g/mol. The van der Waals surface area contributed by atoms with Crippen molar-refractivity contribution in [2.75, 3.05) is 47.5 Å². The fourth-order valence-electron chi connectivity index (χ4n) is 10.5. The molecule has 568 valence electrons. The fourth-order valence-corrected chi connectivity index (χ4v) is 10.5. The lowest BCUT2D eigenvalue weighted by Gasteiger charge is -2.25. The standard InChI is InChI=1S/C92H147NO8/c1-6-8-10-12-14-16-18-20-22-24-26-28-30-32-34-36-38-40-42-43-44-45-46-47-49-50-52-54-56-58-60-62-64-66-68-70-72-74-76-78-80-82-89(94)99-86-88(87-100-92(91(96)97)98-85-84-93(3,4)5)101-90(95)83-81-79-77-75-73-71-69-67-65-63-61-59-57-55-53-51-48-41-39-37-35-33-31-29-27-25-23-21-19-17-15-13-11-9-7-2/h8-11,14-17,20-23,26-29,32-35,38-41,43-44,46-47,51,53,57,59,63,65,88,92H,6-7,12-13,18-19,24-25,30-31,36-37,42,45,48-50,52,54-56,58,60-62,64,66-87H2,1-5H3/p+1/b10-8-,11-9-,16-14-,17-15-,22-20-,23-21-,28-26-,29-27-,34-32-,35-33-,40-38-,41-39-,44-43-,47-46-,53-51-,59-57-,65-63-. The molecule has 9 nitrogen and oxygen atoms in total. The number of carboxylic acid groups (broad SMARTS) is 1. The maximum atomic E-state index is 13.0. The molecule has 0 saturated heterocycles. The molecule has 0 saturated carbocycles. The second-order valence-corrected chi connectivity index (χ2v) is 27.3. The van der Waals surface area contributed by atoms with Crippen molar-refractivity contribution in [3.63, 3.8) is 0 Å². The van der Waals surface area contributed by atoms with Crippen molar-refractivity contribution < 1.29 is 42.9 Å². The van der Waals surface area contributed by atoms with Gasteiger partial charge < -0.3 is 28.5 Å². The summed E-state index contributed by atoms with van der Waals surface area (Å²) in [7, 11) is 5.97. The van der Waals surface area contributed by atoms with Gasteiger partial charge >= 0.3 is 17.9 Å². The molecule has 0 fully saturated rings. The maximum Gasteiger partial charge on any atom is 0.361 e. The van der Waals surface area contributed by atoms with E-state index in [9.17, 15) is 19.5 Å². The summed E-state index contributed by atoms with van der Waals surface area (Å²) < 4.78 is 23.0. The van der Waals surface area contributed by atoms with E-state index in [1.807, 2.05) is 21.1 Å². The molecular formula is C92H148NO8+. The maximum absolute atomic E-state index is 13.0. The Labute approximate surface area is 620 Å². The average molecular weight is 1400 g/mol. The number of carbonyl (C=O) groups excluding carboxylic acids is 2. The van der Waals surface area contributed by atoms with E-state index in [0.29, 0.717) is 17.4 Å². The first-order valence-electron chi connectivity index (χ1n) is 40.2. The van der Waals surface area contributed by atoms with E-state index >= 15 is 0 Å². The molecule has 0 aromatic carbocycles. The summed E-state index contributed by atoms with van der Waals surface area (Å²) in [6, 6.07) is 0. The van der Waals surface area contributed by atoms with Gasteiger partial charge in [0.2, 0.25) is 0 Å². The summed E-state index contributed by atoms with van der Waals surface area (Å²) >= 11 is 0. The molecule has 0 amide bonds. The molecule has 0 heterocycles. The highest BCUT2D eigenvalue weighted by Gasteiger charge is 2.25. The largest absolute Gasteiger partial charge is 0.477 e. The zero-order chi connectivity index (χ0) is 73.2. The van der Waals surface area contributed by atoms with Gasteiger partial charge in [0.1, 0.15) is 13.2 Å². The van der Waals surface area contributed by atoms with Crippen molar-refractivity contribution >= 4 is 17.9 Å². The van der Waals surface area contributed by atoms with Crippen LogP contribution in [0.1, 0.15) is 296 Å². The smallest absolute Gasteiger partial charge is 0.361 e. The number of aliphatic carboxylic acids is 1. The van der Waals surface area contributed by atoms with E-state index in [1.165, 1.54) is 109 Å². The molecule has 9 heteroatoms. The molecule has 0 aromatic heterocycles. The predicted molar refractivity (Wildman–Crippen MR) is 437 cm³/mol. The van der Waals surface area contributed by atoms with Crippen LogP contribution in [0.25, 0.3) is 0 Å². The van der Waals surface area contributed by atoms with Gasteiger partial charge in [-0.15, -0.1) is 0 Å². The third-order valence-corrected chi connectivity index (χ3v) is 16.5. The number of carbonyl (C=O) groups is 3. The summed E-state index contributed by atoms with van der Waals surface area (Å²) in [6.45, 7) is 4.63. The van der Waals surface area contributed by atoms with E-state index in [2.05, 4.69) is 220 Å². The van der Waals surface area contributed by atoms with E-state index in [0.717, 1.165) is 154 Å². The van der Waals surface area contributed by atoms with Gasteiger partial charge in [-0.2, -0.15) is 0 Å². The Morgan fingerprint density at radius 3 is 0.792 bits per heavy atom. The number of unbranched alkanes of at least 4 members (excludes halogenated alkanes) is 23. The van der Waals surface area contributed by atoms with Crippen LogP contribution in [0.2, 0.25) is 0 Å². The van der Waals surface area contributed by atoms with Crippen molar-refractivity contribution in [3.8, 4) is 0 Å². The molecule has 2 unspecified atom stereocenters. The SMILES string of the molecule is CC/C=C\C/C=C\C/C=C\C/C=C\C/C=C\C/C=C\C/C=C\C/C=C\C/C=C\CCCCCCCCCC(=O)OC(COC(=O)CCCCCCCCCCCCCCCCCC/C=C\C/C=C\C/C=C\C/C=C\C/C=C\C/C=C\C/C=C\C/C=C\CC)COC(OCC[N+](C)(C)C)C(=O)O. The number of quaternary nitrogens is 1. The van der Waals surface area contributed by atoms with E-state index in [4.69, 9.17) is 18.9 Å². The molecule has 0 bridgehead atoms. The first-order chi connectivity index (χ1) is 49.6. The summed E-state index contributed by atoms with van der Waals surface area (Å²) in [5.74, 6) is -2.03. The van der Waals surface area contributed by atoms with Crippen LogP contribution >= 0.6 is 0 Å². The van der Waals surface area contributed by atoms with E-state index < -0.39 is 24.3 Å². The Morgan fingerprint density at radius 2 is 0.535 bits per heavy atom. The highest BCUT2D eigenvalue weighted by Crippen LogP contribution is 2.17. The number of hydrogen-bond acceptors (Lipinski definition) is 7. The Balaban J connectivity index is 4.12. The molecule has 101 heavy (non-hydrogen) atoms. The molecule has 0 aliphatic rings. The van der Waals surface area contributed by atoms with Crippen molar-refractivity contribution in [2.24, 2.45) is 0 Å². The monoisotopic (exact) mass is 1400 g/mol. The van der Waals surface area contributed by atoms with Crippen LogP contribution in [-0.4, -0.2) is 87.4 Å². The van der Waals surface area contributed by atoms with Crippen LogP contribution in [0.5, 0.6) is 0 Å². The molecule has 2 atom stereocenters. The predicted octanol–water partition coefficient (Wildman–Crippen LogP) is 26.3. The highest BCUT2D eigenvalue weighted by atomic mass is 16.7. The molecule has 0 aromatic rings. The molecule has 1 N–H and O–H groups in total. The molecule has 0 radical (unpaired) electrons. The third kappa shape index (κ3) is 81.0. The summed E-state index contributed by atoms with van der Waals surface area (Å²) in [5, 5.41) is 9.78. The number of allylic oxidation sites excluding steroid dienone is 34. The minimum Gasteiger partial charge on any atom is -0.477 e. The Kier molecular flexibility index (Phi) is 74.7. The molecule has 0 aliphatic heterocycles. The van der Waals surface area contributed by atoms with Gasteiger partial charge in [-0.1, -0.05) is 342 Å². The second kappa shape index (κ2) is 79.6. The fraction of sp³-hybridized carbons (Fsp3) is 0.598. The van der Waals surface area contributed by atoms with Crippen molar-refractivity contribution in [3.05, 3.63) is 207 Å². The van der Waals surface area contributed by atoms with Crippen LogP contribution in [0, 0.1) is 0 Å². The molecule has 0 aliphatic carbocycles. The first kappa shape index (κ1) is 94.9. The van der Waals surface area contributed by atoms with Gasteiger partial charge in [0.15, 0.2) is 6.10 Å². The Morgan fingerprint density at radius 1 is 0.297 bits per heavy atom. The van der Waals surface area contributed by atoms with Crippen LogP contribution < -0.4 is 0 Å². The van der Waals surface area contributed by atoms with Crippen molar-refractivity contribution in [1.29, 1.82) is 0 Å². The number of nitrogens with zero attached hydrogens (tertiary/aromatic N) is 1. The van der Waals surface area contributed by atoms with Crippen molar-refractivity contribution in [2.45, 2.75) is 309 Å². The van der Waals surface area contributed by atoms with Gasteiger partial charge in [-0.05, 0) is 148 Å². The summed E-state index contributed by atoms with van der Waals surface area (Å²) in [5.41, 5.74) is 0. The molecule has 0 spiro atoms. The summed E-state index contributed by atoms with van der Waals surface area (Å²) in [4.78, 5) is 37.8. The lowest BCUT2D eigenvalue weighted by atomic mass is 10.0. The number of likely N-dealkylation sites (N-methyl/N-ethyl adjacent to an activating group) is 1. The lowest BCUT2D eigenvalue weighted by Crippen LogP contribution is -2.40. The zero-order valence-electron chi connectivity index (χ0n) is 65.0. The van der Waals surface area contributed by atoms with Gasteiger partial charge in [-0.25, -0.2) is 4.79 Å². The van der Waals surface area contributed by atoms with Gasteiger partial charge in [0, 0.05) is 12.8 Å². The van der Waals surface area contributed by atoms with E-state index in [-0.39, 0.29) is 38.6 Å². The number of hydrogen-bond donors (Lipinski definition) is 1. The van der Waals surface area contributed by atoms with Crippen LogP contribution in [0.15, 0.2) is 207 Å². The number of ether oxygens (including phenoxy) is 4. The average Bonchev–Trinajstić information content (AvgIpc) is 1.25. The van der Waals surface area contributed by atoms with Crippen LogP contribution in [-0.2, 0) is 33.3 Å². The minimum absolute atomic E-state index is 0.176.